The average molecular weight is 621 g/mol. The zero-order chi connectivity index (χ0) is 28.8. The topological polar surface area (TPSA) is 83.2 Å². The highest BCUT2D eigenvalue weighted by Gasteiger charge is 2.45. The van der Waals surface area contributed by atoms with Crippen LogP contribution < -0.4 is 18.1 Å². The molecule has 5 rings (SSSR count). The number of hydrogen-bond acceptors (Lipinski definition) is 8. The average Bonchev–Trinajstić information content (AvgIpc) is 2.93. The molecule has 4 aromatic carbocycles. The smallest absolute Gasteiger partial charge is 0.413 e. The molecule has 0 aromatic heterocycles. The summed E-state index contributed by atoms with van der Waals surface area (Å²) in [5.41, 5.74) is 0. The molecule has 41 heavy (non-hydrogen) atoms. The normalized spacial score (nSPS) is 19.0. The lowest BCUT2D eigenvalue weighted by Gasteiger charge is -2.32. The quantitative estimate of drug-likeness (QED) is 0.165. The Balaban J connectivity index is 1.77. The van der Waals surface area contributed by atoms with Crippen molar-refractivity contribution in [3.05, 3.63) is 121 Å². The molecule has 1 unspecified atom stereocenters. The largest absolute Gasteiger partial charge is 0.457 e. The Kier molecular flexibility index (Phi) is 8.62. The Morgan fingerprint density at radius 2 is 0.829 bits per heavy atom. The van der Waals surface area contributed by atoms with Crippen LogP contribution in [-0.2, 0) is 4.52 Å². The second kappa shape index (κ2) is 12.2. The molecule has 0 fully saturated rings. The lowest BCUT2D eigenvalue weighted by atomic mass is 10.3. The summed E-state index contributed by atoms with van der Waals surface area (Å²) in [4.78, 5) is 0. The minimum Gasteiger partial charge on any atom is -0.413 e. The van der Waals surface area contributed by atoms with Crippen LogP contribution in [0.3, 0.4) is 0 Å². The predicted molar refractivity (Wildman–Crippen MR) is 154 cm³/mol. The maximum atomic E-state index is 13.4. The van der Waals surface area contributed by atoms with Gasteiger partial charge in [0.15, 0.2) is 6.61 Å². The van der Waals surface area contributed by atoms with Gasteiger partial charge >= 0.3 is 21.5 Å². The number of alkyl halides is 3. The zero-order valence-corrected chi connectivity index (χ0v) is 24.3. The Bertz CT molecular complexity index is 1450. The molecule has 1 aliphatic rings. The fourth-order valence-electron chi connectivity index (χ4n) is 3.52. The van der Waals surface area contributed by atoms with Crippen LogP contribution in [0.15, 0.2) is 135 Å². The van der Waals surface area contributed by atoms with Crippen LogP contribution in [0.5, 0.6) is 23.0 Å². The standard InChI is InChI=1S/C27H25F3N3O5P3/c1-39(34-22-27(28,29)30)31-40(35-23-14-6-2-7-15-23,36-24-16-8-3-9-17-24)33-41(32-39,37-25-18-10-4-11-19-25)38-26-20-12-5-13-21-26/h2-21H,22H2,1H3. The van der Waals surface area contributed by atoms with Crippen molar-refractivity contribution >= 4 is 22.8 Å². The summed E-state index contributed by atoms with van der Waals surface area (Å²) in [6.45, 7) is -0.222. The first-order chi connectivity index (χ1) is 19.6. The summed E-state index contributed by atoms with van der Waals surface area (Å²) in [6.07, 6.45) is -4.65. The van der Waals surface area contributed by atoms with E-state index in [1.54, 1.807) is 121 Å². The lowest BCUT2D eigenvalue weighted by molar-refractivity contribution is -0.152. The number of nitrogens with zero attached hydrogens (tertiary/aromatic N) is 3. The van der Waals surface area contributed by atoms with Crippen molar-refractivity contribution in [3.8, 4) is 23.0 Å². The highest BCUT2D eigenvalue weighted by atomic mass is 31.3. The van der Waals surface area contributed by atoms with Gasteiger partial charge in [0.05, 0.1) is 0 Å². The van der Waals surface area contributed by atoms with Gasteiger partial charge in [-0.2, -0.15) is 13.2 Å². The van der Waals surface area contributed by atoms with Gasteiger partial charge in [-0.15, -0.1) is 9.03 Å². The van der Waals surface area contributed by atoms with E-state index in [0.717, 1.165) is 0 Å². The lowest BCUT2D eigenvalue weighted by Crippen LogP contribution is -2.16. The third kappa shape index (κ3) is 8.05. The summed E-state index contributed by atoms with van der Waals surface area (Å²) in [5.74, 6) is 1.30. The summed E-state index contributed by atoms with van der Waals surface area (Å²) >= 11 is 0. The Hall–Kier alpha value is -3.48. The third-order valence-corrected chi connectivity index (χ3v) is 13.8. The van der Waals surface area contributed by atoms with Gasteiger partial charge < -0.3 is 22.6 Å². The van der Waals surface area contributed by atoms with E-state index in [2.05, 4.69) is 9.03 Å². The maximum absolute atomic E-state index is 13.4. The van der Waals surface area contributed by atoms with Gasteiger partial charge in [0, 0.05) is 6.66 Å². The molecule has 8 nitrogen and oxygen atoms in total. The van der Waals surface area contributed by atoms with Crippen molar-refractivity contribution in [2.24, 2.45) is 13.5 Å². The van der Waals surface area contributed by atoms with Gasteiger partial charge in [-0.1, -0.05) is 77.3 Å². The van der Waals surface area contributed by atoms with E-state index in [0.29, 0.717) is 23.0 Å². The predicted octanol–water partition coefficient (Wildman–Crippen LogP) is 10.4. The molecular formula is C27H25F3N3O5P3. The number of halogens is 3. The van der Waals surface area contributed by atoms with E-state index < -0.39 is 35.5 Å². The van der Waals surface area contributed by atoms with Gasteiger partial charge in [-0.05, 0) is 48.5 Å². The molecule has 1 aliphatic heterocycles. The second-order valence-electron chi connectivity index (χ2n) is 8.59. The van der Waals surface area contributed by atoms with Crippen LogP contribution in [0.2, 0.25) is 0 Å². The highest BCUT2D eigenvalue weighted by molar-refractivity contribution is 7.80. The molecule has 0 radical (unpaired) electrons. The van der Waals surface area contributed by atoms with Gasteiger partial charge in [0.1, 0.15) is 23.0 Å². The molecule has 0 aliphatic carbocycles. The SMILES string of the molecule is CP1(OCC(F)(F)F)=NP(Oc2ccccc2)(Oc2ccccc2)=NP(Oc2ccccc2)(Oc2ccccc2)=N1. The summed E-state index contributed by atoms with van der Waals surface area (Å²) in [7, 11) is -11.6. The maximum Gasteiger partial charge on any atom is 0.457 e. The molecule has 0 spiro atoms. The number of para-hydroxylation sites is 4. The fourth-order valence-corrected chi connectivity index (χ4v) is 13.0. The van der Waals surface area contributed by atoms with Crippen LogP contribution in [0, 0.1) is 0 Å². The van der Waals surface area contributed by atoms with Crippen LogP contribution in [0.4, 0.5) is 13.2 Å². The molecule has 1 heterocycles. The number of rotatable bonds is 10. The Morgan fingerprint density at radius 3 is 1.15 bits per heavy atom. The first kappa shape index (κ1) is 29.0. The highest BCUT2D eigenvalue weighted by Crippen LogP contribution is 2.78. The summed E-state index contributed by atoms with van der Waals surface area (Å²) in [6, 6.07) is 34.4. The molecule has 1 atom stereocenters. The first-order valence-electron chi connectivity index (χ1n) is 12.2. The number of benzene rings is 4. The molecule has 214 valence electrons. The molecule has 14 heteroatoms. The van der Waals surface area contributed by atoms with Crippen LogP contribution in [0.1, 0.15) is 0 Å². The fraction of sp³-hybridized carbons (Fsp3) is 0.111. The Labute approximate surface area is 235 Å². The van der Waals surface area contributed by atoms with Crippen LogP contribution >= 0.6 is 22.8 Å². The van der Waals surface area contributed by atoms with Crippen molar-refractivity contribution in [1.82, 2.24) is 0 Å². The van der Waals surface area contributed by atoms with Crippen LogP contribution in [-0.4, -0.2) is 19.4 Å². The molecule has 4 aromatic rings. The van der Waals surface area contributed by atoms with E-state index in [1.165, 1.54) is 6.66 Å². The van der Waals surface area contributed by atoms with E-state index in [-0.39, 0.29) is 0 Å². The van der Waals surface area contributed by atoms with Crippen molar-refractivity contribution in [2.75, 3.05) is 13.3 Å². The third-order valence-electron chi connectivity index (χ3n) is 5.13. The van der Waals surface area contributed by atoms with E-state index in [9.17, 15) is 13.2 Å². The molecular weight excluding hydrogens is 596 g/mol. The molecule has 0 amide bonds. The Morgan fingerprint density at radius 1 is 0.512 bits per heavy atom. The van der Waals surface area contributed by atoms with Crippen molar-refractivity contribution in [2.45, 2.75) is 6.18 Å². The molecule has 0 saturated carbocycles. The molecule has 0 bridgehead atoms. The minimum atomic E-state index is -4.65. The second-order valence-corrected chi connectivity index (χ2v) is 15.4. The first-order valence-corrected chi connectivity index (χ1v) is 17.3. The van der Waals surface area contributed by atoms with Gasteiger partial charge in [-0.25, -0.2) is 0 Å². The van der Waals surface area contributed by atoms with E-state index in [4.69, 9.17) is 27.1 Å². The number of hydrogen-bond donors (Lipinski definition) is 0. The van der Waals surface area contributed by atoms with E-state index >= 15 is 0 Å². The molecule has 0 N–H and O–H groups in total. The van der Waals surface area contributed by atoms with Crippen molar-refractivity contribution in [1.29, 1.82) is 0 Å². The van der Waals surface area contributed by atoms with Crippen molar-refractivity contribution < 1.29 is 35.8 Å². The van der Waals surface area contributed by atoms with Gasteiger partial charge in [0.2, 0.25) is 7.43 Å². The monoisotopic (exact) mass is 621 g/mol. The van der Waals surface area contributed by atoms with E-state index in [1.807, 2.05) is 0 Å². The van der Waals surface area contributed by atoms with Crippen molar-refractivity contribution in [3.63, 3.8) is 0 Å². The minimum absolute atomic E-state index is 0.325. The van der Waals surface area contributed by atoms with Gasteiger partial charge in [0.25, 0.3) is 0 Å². The van der Waals surface area contributed by atoms with Crippen LogP contribution in [0.25, 0.3) is 0 Å². The molecule has 0 saturated heterocycles. The zero-order valence-electron chi connectivity index (χ0n) is 21.6. The summed E-state index contributed by atoms with van der Waals surface area (Å²) in [5, 5.41) is 0. The van der Waals surface area contributed by atoms with Gasteiger partial charge in [-0.3, -0.25) is 0 Å². The summed E-state index contributed by atoms with van der Waals surface area (Å²) < 4.78 is 85.1.